The SMILES string of the molecule is Cc1cc(N(CCO)CCO)c(-c2cccs2)cc1N. The van der Waals surface area contributed by atoms with E-state index in [2.05, 4.69) is 0 Å². The molecule has 0 aliphatic heterocycles. The Balaban J connectivity index is 2.51. The zero-order valence-electron chi connectivity index (χ0n) is 11.5. The van der Waals surface area contributed by atoms with Gasteiger partial charge in [-0.05, 0) is 36.1 Å². The van der Waals surface area contributed by atoms with Crippen molar-refractivity contribution in [3.63, 3.8) is 0 Å². The molecule has 1 aromatic heterocycles. The van der Waals surface area contributed by atoms with E-state index in [1.54, 1.807) is 11.3 Å². The van der Waals surface area contributed by atoms with Crippen molar-refractivity contribution >= 4 is 22.7 Å². The Hall–Kier alpha value is -1.56. The highest BCUT2D eigenvalue weighted by Gasteiger charge is 2.14. The minimum Gasteiger partial charge on any atom is -0.398 e. The van der Waals surface area contributed by atoms with E-state index in [0.29, 0.717) is 13.1 Å². The second-order valence-electron chi connectivity index (χ2n) is 4.64. The zero-order chi connectivity index (χ0) is 14.5. The van der Waals surface area contributed by atoms with Crippen LogP contribution in [0.5, 0.6) is 0 Å². The predicted octanol–water partition coefficient (Wildman–Crippen LogP) is 2.10. The number of rotatable bonds is 6. The van der Waals surface area contributed by atoms with Crippen molar-refractivity contribution in [1.29, 1.82) is 0 Å². The van der Waals surface area contributed by atoms with Gasteiger partial charge in [-0.3, -0.25) is 0 Å². The highest BCUT2D eigenvalue weighted by atomic mass is 32.1. The van der Waals surface area contributed by atoms with Gasteiger partial charge in [0, 0.05) is 34.9 Å². The Labute approximate surface area is 123 Å². The van der Waals surface area contributed by atoms with Gasteiger partial charge in [0.15, 0.2) is 0 Å². The molecule has 20 heavy (non-hydrogen) atoms. The third kappa shape index (κ3) is 3.12. The minimum atomic E-state index is 0.0489. The summed E-state index contributed by atoms with van der Waals surface area (Å²) in [5, 5.41) is 20.5. The maximum absolute atomic E-state index is 9.22. The molecule has 108 valence electrons. The van der Waals surface area contributed by atoms with Crippen molar-refractivity contribution in [2.24, 2.45) is 0 Å². The molecule has 0 amide bonds. The van der Waals surface area contributed by atoms with E-state index in [4.69, 9.17) is 5.73 Å². The van der Waals surface area contributed by atoms with Crippen molar-refractivity contribution in [3.05, 3.63) is 35.2 Å². The van der Waals surface area contributed by atoms with E-state index in [0.717, 1.165) is 27.4 Å². The Morgan fingerprint density at radius 1 is 1.20 bits per heavy atom. The Morgan fingerprint density at radius 3 is 2.45 bits per heavy atom. The summed E-state index contributed by atoms with van der Waals surface area (Å²) >= 11 is 1.65. The van der Waals surface area contributed by atoms with E-state index in [9.17, 15) is 10.2 Å². The molecule has 0 aliphatic carbocycles. The quantitative estimate of drug-likeness (QED) is 0.713. The molecule has 5 heteroatoms. The van der Waals surface area contributed by atoms with Gasteiger partial charge < -0.3 is 20.8 Å². The first-order valence-corrected chi connectivity index (χ1v) is 7.46. The zero-order valence-corrected chi connectivity index (χ0v) is 12.4. The van der Waals surface area contributed by atoms with Crippen molar-refractivity contribution in [2.75, 3.05) is 36.9 Å². The average molecular weight is 292 g/mol. The normalized spacial score (nSPS) is 10.8. The van der Waals surface area contributed by atoms with Crippen LogP contribution >= 0.6 is 11.3 Å². The van der Waals surface area contributed by atoms with Crippen LogP contribution in [0.25, 0.3) is 10.4 Å². The van der Waals surface area contributed by atoms with Gasteiger partial charge in [-0.2, -0.15) is 0 Å². The monoisotopic (exact) mass is 292 g/mol. The molecule has 0 atom stereocenters. The van der Waals surface area contributed by atoms with Crippen LogP contribution in [0.15, 0.2) is 29.6 Å². The summed E-state index contributed by atoms with van der Waals surface area (Å²) in [5.41, 5.74) is 9.84. The lowest BCUT2D eigenvalue weighted by Crippen LogP contribution is -2.30. The number of thiophene rings is 1. The molecule has 0 bridgehead atoms. The first-order valence-electron chi connectivity index (χ1n) is 6.58. The molecule has 0 saturated carbocycles. The standard InChI is InChI=1S/C15H20N2O2S/c1-11-9-14(17(4-6-18)5-7-19)12(10-13(11)16)15-3-2-8-20-15/h2-3,8-10,18-19H,4-7,16H2,1H3. The third-order valence-corrected chi connectivity index (χ3v) is 4.15. The smallest absolute Gasteiger partial charge is 0.0606 e. The number of aliphatic hydroxyl groups excluding tert-OH is 2. The molecule has 0 saturated heterocycles. The van der Waals surface area contributed by atoms with Crippen LogP contribution in [0.2, 0.25) is 0 Å². The molecule has 2 aromatic rings. The van der Waals surface area contributed by atoms with Crippen molar-refractivity contribution in [2.45, 2.75) is 6.92 Å². The number of aryl methyl sites for hydroxylation is 1. The number of hydrogen-bond acceptors (Lipinski definition) is 5. The lowest BCUT2D eigenvalue weighted by molar-refractivity contribution is 0.281. The number of aliphatic hydroxyl groups is 2. The number of benzene rings is 1. The molecule has 0 spiro atoms. The van der Waals surface area contributed by atoms with Gasteiger partial charge in [-0.15, -0.1) is 11.3 Å². The van der Waals surface area contributed by atoms with Crippen LogP contribution in [0.3, 0.4) is 0 Å². The third-order valence-electron chi connectivity index (χ3n) is 3.25. The fraction of sp³-hybridized carbons (Fsp3) is 0.333. The highest BCUT2D eigenvalue weighted by Crippen LogP contribution is 2.36. The Bertz CT molecular complexity index is 549. The van der Waals surface area contributed by atoms with Gasteiger partial charge >= 0.3 is 0 Å². The lowest BCUT2D eigenvalue weighted by atomic mass is 10.0. The van der Waals surface area contributed by atoms with Gasteiger partial charge in [0.25, 0.3) is 0 Å². The number of anilines is 2. The minimum absolute atomic E-state index is 0.0489. The van der Waals surface area contributed by atoms with E-state index in [-0.39, 0.29) is 13.2 Å². The fourth-order valence-corrected chi connectivity index (χ4v) is 2.95. The summed E-state index contributed by atoms with van der Waals surface area (Å²) in [4.78, 5) is 3.12. The molecule has 0 unspecified atom stereocenters. The second-order valence-corrected chi connectivity index (χ2v) is 5.59. The second kappa shape index (κ2) is 6.74. The van der Waals surface area contributed by atoms with Crippen molar-refractivity contribution < 1.29 is 10.2 Å². The molecular weight excluding hydrogens is 272 g/mol. The van der Waals surface area contributed by atoms with E-state index < -0.39 is 0 Å². The number of hydrogen-bond donors (Lipinski definition) is 3. The highest BCUT2D eigenvalue weighted by molar-refractivity contribution is 7.13. The summed E-state index contributed by atoms with van der Waals surface area (Å²) in [6.45, 7) is 3.04. The largest absolute Gasteiger partial charge is 0.398 e. The Morgan fingerprint density at radius 2 is 1.90 bits per heavy atom. The average Bonchev–Trinajstić information content (AvgIpc) is 2.95. The van der Waals surface area contributed by atoms with Crippen molar-refractivity contribution in [1.82, 2.24) is 0 Å². The predicted molar refractivity (Wildman–Crippen MR) is 85.3 cm³/mol. The van der Waals surface area contributed by atoms with Crippen LogP contribution in [-0.2, 0) is 0 Å². The van der Waals surface area contributed by atoms with Crippen molar-refractivity contribution in [3.8, 4) is 10.4 Å². The van der Waals surface area contributed by atoms with Gasteiger partial charge in [0.1, 0.15) is 0 Å². The number of nitrogens with two attached hydrogens (primary N) is 1. The summed E-state index contributed by atoms with van der Waals surface area (Å²) in [7, 11) is 0. The maximum atomic E-state index is 9.22. The van der Waals surface area contributed by atoms with Crippen LogP contribution in [0, 0.1) is 6.92 Å². The fourth-order valence-electron chi connectivity index (χ4n) is 2.19. The van der Waals surface area contributed by atoms with Crippen LogP contribution in [-0.4, -0.2) is 36.5 Å². The maximum Gasteiger partial charge on any atom is 0.0606 e. The molecule has 4 nitrogen and oxygen atoms in total. The first kappa shape index (κ1) is 14.8. The van der Waals surface area contributed by atoms with Gasteiger partial charge in [-0.25, -0.2) is 0 Å². The van der Waals surface area contributed by atoms with Gasteiger partial charge in [-0.1, -0.05) is 6.07 Å². The van der Waals surface area contributed by atoms with Crippen LogP contribution in [0.1, 0.15) is 5.56 Å². The lowest BCUT2D eigenvalue weighted by Gasteiger charge is -2.26. The molecule has 0 fully saturated rings. The molecule has 0 aliphatic rings. The first-order chi connectivity index (χ1) is 9.67. The Kier molecular flexibility index (Phi) is 5.00. The van der Waals surface area contributed by atoms with Crippen LogP contribution in [0.4, 0.5) is 11.4 Å². The molecule has 1 aromatic carbocycles. The molecule has 2 rings (SSSR count). The summed E-state index contributed by atoms with van der Waals surface area (Å²) < 4.78 is 0. The summed E-state index contributed by atoms with van der Waals surface area (Å²) in [5.74, 6) is 0. The summed E-state index contributed by atoms with van der Waals surface area (Å²) in [6, 6.07) is 8.05. The molecule has 1 heterocycles. The van der Waals surface area contributed by atoms with E-state index >= 15 is 0 Å². The molecular formula is C15H20N2O2S. The topological polar surface area (TPSA) is 69.7 Å². The molecule has 0 radical (unpaired) electrons. The van der Waals surface area contributed by atoms with Crippen LogP contribution < -0.4 is 10.6 Å². The molecule has 4 N–H and O–H groups in total. The number of nitrogens with zero attached hydrogens (tertiary/aromatic N) is 1. The van der Waals surface area contributed by atoms with E-state index in [1.807, 2.05) is 41.5 Å². The van der Waals surface area contributed by atoms with E-state index in [1.165, 1.54) is 0 Å². The number of nitrogen functional groups attached to an aromatic ring is 1. The van der Waals surface area contributed by atoms with Gasteiger partial charge in [0.2, 0.25) is 0 Å². The van der Waals surface area contributed by atoms with Gasteiger partial charge in [0.05, 0.1) is 13.2 Å². The summed E-state index contributed by atoms with van der Waals surface area (Å²) in [6.07, 6.45) is 0.